The van der Waals surface area contributed by atoms with E-state index < -0.39 is 0 Å². The van der Waals surface area contributed by atoms with Gasteiger partial charge in [0.15, 0.2) is 0 Å². The number of carbonyl (C=O) groups is 2. The molecule has 1 aromatic carbocycles. The van der Waals surface area contributed by atoms with Crippen LogP contribution in [0, 0.1) is 5.92 Å². The molecule has 1 unspecified atom stereocenters. The number of rotatable bonds is 6. The third-order valence-corrected chi connectivity index (χ3v) is 4.51. The number of methoxy groups -OCH3 is 1. The van der Waals surface area contributed by atoms with E-state index in [4.69, 9.17) is 10.5 Å². The van der Waals surface area contributed by atoms with Crippen LogP contribution in [0.4, 0.5) is 5.69 Å². The molecule has 1 atom stereocenters. The van der Waals surface area contributed by atoms with Crippen molar-refractivity contribution in [1.29, 1.82) is 0 Å². The Hall–Kier alpha value is -1.92. The van der Waals surface area contributed by atoms with Crippen LogP contribution in [0.5, 0.6) is 0 Å². The van der Waals surface area contributed by atoms with Gasteiger partial charge in [0.2, 0.25) is 5.91 Å². The van der Waals surface area contributed by atoms with E-state index in [2.05, 4.69) is 12.2 Å². The topological polar surface area (TPSA) is 84.7 Å². The van der Waals surface area contributed by atoms with Gasteiger partial charge in [0.1, 0.15) is 0 Å². The molecule has 1 aliphatic heterocycles. The molecule has 1 fully saturated rings. The first-order chi connectivity index (χ1) is 11.5. The zero-order valence-electron chi connectivity index (χ0n) is 14.5. The number of anilines is 1. The Labute approximate surface area is 143 Å². The molecule has 0 aromatic heterocycles. The standard InChI is InChI=1S/C18H27N3O3/c1-13-7-9-21(10-8-13)18(23)15-5-3-4-6-16(15)20-17(22)11-14(12-19)24-2/h3-6,13-14H,7-12,19H2,1-2H3,(H,20,22). The van der Waals surface area contributed by atoms with E-state index in [9.17, 15) is 9.59 Å². The summed E-state index contributed by atoms with van der Waals surface area (Å²) in [6.07, 6.45) is 1.88. The summed E-state index contributed by atoms with van der Waals surface area (Å²) >= 11 is 0. The molecule has 0 spiro atoms. The van der Waals surface area contributed by atoms with Crippen molar-refractivity contribution in [2.75, 3.05) is 32.1 Å². The molecule has 1 saturated heterocycles. The number of hydrogen-bond acceptors (Lipinski definition) is 4. The number of ether oxygens (including phenoxy) is 1. The highest BCUT2D eigenvalue weighted by atomic mass is 16.5. The predicted octanol–water partition coefficient (Wildman–Crippen LogP) is 1.86. The molecule has 2 rings (SSSR count). The van der Waals surface area contributed by atoms with Crippen LogP contribution < -0.4 is 11.1 Å². The highest BCUT2D eigenvalue weighted by Gasteiger charge is 2.23. The molecule has 0 aliphatic carbocycles. The fourth-order valence-electron chi connectivity index (χ4n) is 2.83. The summed E-state index contributed by atoms with van der Waals surface area (Å²) in [7, 11) is 1.53. The van der Waals surface area contributed by atoms with Crippen LogP contribution in [0.2, 0.25) is 0 Å². The van der Waals surface area contributed by atoms with Gasteiger partial charge in [0, 0.05) is 26.7 Å². The third-order valence-electron chi connectivity index (χ3n) is 4.51. The van der Waals surface area contributed by atoms with Crippen LogP contribution in [-0.4, -0.2) is 49.6 Å². The van der Waals surface area contributed by atoms with Crippen LogP contribution in [0.25, 0.3) is 0 Å². The number of hydrogen-bond donors (Lipinski definition) is 2. The summed E-state index contributed by atoms with van der Waals surface area (Å²) in [5.41, 5.74) is 6.62. The Morgan fingerprint density at radius 3 is 2.62 bits per heavy atom. The van der Waals surface area contributed by atoms with Gasteiger partial charge in [-0.05, 0) is 30.9 Å². The van der Waals surface area contributed by atoms with E-state index in [0.29, 0.717) is 17.2 Å². The lowest BCUT2D eigenvalue weighted by molar-refractivity contribution is -0.118. The minimum atomic E-state index is -0.323. The number of amides is 2. The number of piperidine rings is 1. The van der Waals surface area contributed by atoms with Crippen LogP contribution in [0.15, 0.2) is 24.3 Å². The Bertz CT molecular complexity index is 564. The average molecular weight is 333 g/mol. The van der Waals surface area contributed by atoms with Gasteiger partial charge in [0.25, 0.3) is 5.91 Å². The molecule has 0 bridgehead atoms. The Kier molecular flexibility index (Phi) is 6.75. The van der Waals surface area contributed by atoms with E-state index in [1.54, 1.807) is 18.2 Å². The zero-order valence-corrected chi connectivity index (χ0v) is 14.5. The van der Waals surface area contributed by atoms with Crippen molar-refractivity contribution < 1.29 is 14.3 Å². The van der Waals surface area contributed by atoms with Crippen molar-refractivity contribution in [2.24, 2.45) is 11.7 Å². The van der Waals surface area contributed by atoms with Crippen molar-refractivity contribution in [3.8, 4) is 0 Å². The lowest BCUT2D eigenvalue weighted by Crippen LogP contribution is -2.38. The molecule has 2 amide bonds. The lowest BCUT2D eigenvalue weighted by Gasteiger charge is -2.30. The molecule has 1 heterocycles. The fourth-order valence-corrected chi connectivity index (χ4v) is 2.83. The number of para-hydroxylation sites is 1. The predicted molar refractivity (Wildman–Crippen MR) is 93.8 cm³/mol. The molecule has 0 saturated carbocycles. The molecule has 6 nitrogen and oxygen atoms in total. The van der Waals surface area contributed by atoms with Gasteiger partial charge < -0.3 is 20.7 Å². The molecule has 1 aliphatic rings. The summed E-state index contributed by atoms with van der Waals surface area (Å²) in [6.45, 7) is 4.01. The number of likely N-dealkylation sites (tertiary alicyclic amines) is 1. The third kappa shape index (κ3) is 4.79. The summed E-state index contributed by atoms with van der Waals surface area (Å²) < 4.78 is 5.13. The summed E-state index contributed by atoms with van der Waals surface area (Å²) in [4.78, 5) is 26.8. The first-order valence-corrected chi connectivity index (χ1v) is 8.46. The number of carbonyl (C=O) groups excluding carboxylic acids is 2. The van der Waals surface area contributed by atoms with Crippen molar-refractivity contribution in [1.82, 2.24) is 4.90 Å². The van der Waals surface area contributed by atoms with E-state index in [-0.39, 0.29) is 30.9 Å². The molecule has 0 radical (unpaired) electrons. The van der Waals surface area contributed by atoms with Gasteiger partial charge in [-0.1, -0.05) is 19.1 Å². The quantitative estimate of drug-likeness (QED) is 0.832. The SMILES string of the molecule is COC(CN)CC(=O)Nc1ccccc1C(=O)N1CCC(C)CC1. The van der Waals surface area contributed by atoms with Crippen LogP contribution in [0.1, 0.15) is 36.5 Å². The van der Waals surface area contributed by atoms with Crippen LogP contribution in [-0.2, 0) is 9.53 Å². The van der Waals surface area contributed by atoms with Crippen LogP contribution >= 0.6 is 0 Å². The van der Waals surface area contributed by atoms with Gasteiger partial charge in [-0.15, -0.1) is 0 Å². The number of nitrogens with two attached hydrogens (primary N) is 1. The molecule has 6 heteroatoms. The molecule has 132 valence electrons. The molecule has 24 heavy (non-hydrogen) atoms. The largest absolute Gasteiger partial charge is 0.380 e. The van der Waals surface area contributed by atoms with Gasteiger partial charge in [-0.25, -0.2) is 0 Å². The molecule has 3 N–H and O–H groups in total. The maximum absolute atomic E-state index is 12.8. The Morgan fingerprint density at radius 1 is 1.33 bits per heavy atom. The zero-order chi connectivity index (χ0) is 17.5. The molecular formula is C18H27N3O3. The second kappa shape index (κ2) is 8.80. The second-order valence-electron chi connectivity index (χ2n) is 6.37. The summed E-state index contributed by atoms with van der Waals surface area (Å²) in [6, 6.07) is 7.13. The number of nitrogens with one attached hydrogen (secondary N) is 1. The Morgan fingerprint density at radius 2 is 2.00 bits per heavy atom. The van der Waals surface area contributed by atoms with Gasteiger partial charge in [-0.3, -0.25) is 9.59 Å². The van der Waals surface area contributed by atoms with E-state index in [0.717, 1.165) is 25.9 Å². The van der Waals surface area contributed by atoms with Gasteiger partial charge in [0.05, 0.1) is 23.8 Å². The van der Waals surface area contributed by atoms with Crippen molar-refractivity contribution in [3.63, 3.8) is 0 Å². The van der Waals surface area contributed by atoms with E-state index in [1.165, 1.54) is 7.11 Å². The van der Waals surface area contributed by atoms with Crippen molar-refractivity contribution >= 4 is 17.5 Å². The minimum Gasteiger partial charge on any atom is -0.380 e. The summed E-state index contributed by atoms with van der Waals surface area (Å²) in [5.74, 6) is 0.422. The van der Waals surface area contributed by atoms with Gasteiger partial charge in [-0.2, -0.15) is 0 Å². The second-order valence-corrected chi connectivity index (χ2v) is 6.37. The first kappa shape index (κ1) is 18.4. The normalized spacial score (nSPS) is 16.7. The number of benzene rings is 1. The van der Waals surface area contributed by atoms with E-state index >= 15 is 0 Å². The Balaban J connectivity index is 2.06. The maximum atomic E-state index is 12.8. The van der Waals surface area contributed by atoms with E-state index in [1.807, 2.05) is 11.0 Å². The fraction of sp³-hybridized carbons (Fsp3) is 0.556. The molecule has 1 aromatic rings. The minimum absolute atomic E-state index is 0.0279. The van der Waals surface area contributed by atoms with Crippen molar-refractivity contribution in [2.45, 2.75) is 32.3 Å². The monoisotopic (exact) mass is 333 g/mol. The maximum Gasteiger partial charge on any atom is 0.255 e. The first-order valence-electron chi connectivity index (χ1n) is 8.46. The van der Waals surface area contributed by atoms with Crippen LogP contribution in [0.3, 0.4) is 0 Å². The summed E-state index contributed by atoms with van der Waals surface area (Å²) in [5, 5.41) is 2.82. The smallest absolute Gasteiger partial charge is 0.255 e. The van der Waals surface area contributed by atoms with Crippen molar-refractivity contribution in [3.05, 3.63) is 29.8 Å². The molecular weight excluding hydrogens is 306 g/mol. The highest BCUT2D eigenvalue weighted by molar-refractivity contribution is 6.03. The highest BCUT2D eigenvalue weighted by Crippen LogP contribution is 2.22. The number of nitrogens with zero attached hydrogens (tertiary/aromatic N) is 1. The van der Waals surface area contributed by atoms with Gasteiger partial charge >= 0.3 is 0 Å². The lowest BCUT2D eigenvalue weighted by atomic mass is 9.98. The average Bonchev–Trinajstić information content (AvgIpc) is 2.60.